The maximum absolute atomic E-state index is 10.8. The van der Waals surface area contributed by atoms with E-state index in [1.807, 2.05) is 11.4 Å². The van der Waals surface area contributed by atoms with Crippen molar-refractivity contribution >= 4 is 22.2 Å². The SMILES string of the molecule is O=[N+]([O-])c1cccc(-c2csc(NCCN3CCOCC3)n2)c1. The van der Waals surface area contributed by atoms with Gasteiger partial charge in [-0.1, -0.05) is 12.1 Å². The molecule has 0 spiro atoms. The second-order valence-corrected chi connectivity index (χ2v) is 6.08. The number of ether oxygens (including phenoxy) is 1. The van der Waals surface area contributed by atoms with Crippen LogP contribution in [0.2, 0.25) is 0 Å². The molecule has 1 N–H and O–H groups in total. The number of thiazole rings is 1. The van der Waals surface area contributed by atoms with E-state index in [0.717, 1.165) is 55.8 Å². The van der Waals surface area contributed by atoms with Gasteiger partial charge in [-0.2, -0.15) is 0 Å². The lowest BCUT2D eigenvalue weighted by Crippen LogP contribution is -2.38. The number of morpholine rings is 1. The first-order chi connectivity index (χ1) is 11.2. The van der Waals surface area contributed by atoms with Crippen molar-refractivity contribution < 1.29 is 9.66 Å². The molecule has 2 aromatic rings. The molecule has 0 radical (unpaired) electrons. The molecule has 1 fully saturated rings. The van der Waals surface area contributed by atoms with E-state index in [2.05, 4.69) is 15.2 Å². The summed E-state index contributed by atoms with van der Waals surface area (Å²) in [7, 11) is 0. The van der Waals surface area contributed by atoms with E-state index in [4.69, 9.17) is 4.74 Å². The zero-order valence-corrected chi connectivity index (χ0v) is 13.4. The van der Waals surface area contributed by atoms with E-state index in [9.17, 15) is 10.1 Å². The van der Waals surface area contributed by atoms with E-state index >= 15 is 0 Å². The Morgan fingerprint density at radius 1 is 1.39 bits per heavy atom. The van der Waals surface area contributed by atoms with E-state index in [1.165, 1.54) is 17.4 Å². The van der Waals surface area contributed by atoms with Crippen molar-refractivity contribution in [3.8, 4) is 11.3 Å². The summed E-state index contributed by atoms with van der Waals surface area (Å²) in [5.74, 6) is 0. The zero-order valence-electron chi connectivity index (χ0n) is 12.6. The minimum atomic E-state index is -0.392. The Bertz CT molecular complexity index is 670. The molecule has 122 valence electrons. The number of nitro groups is 1. The molecular formula is C15H18N4O3S. The minimum absolute atomic E-state index is 0.0809. The fraction of sp³-hybridized carbons (Fsp3) is 0.400. The van der Waals surface area contributed by atoms with Crippen LogP contribution in [0.5, 0.6) is 0 Å². The predicted octanol–water partition coefficient (Wildman–Crippen LogP) is 2.46. The van der Waals surface area contributed by atoms with Gasteiger partial charge in [-0.15, -0.1) is 11.3 Å². The smallest absolute Gasteiger partial charge is 0.270 e. The number of hydrogen-bond acceptors (Lipinski definition) is 7. The molecule has 2 heterocycles. The molecule has 0 atom stereocenters. The highest BCUT2D eigenvalue weighted by molar-refractivity contribution is 7.14. The standard InChI is InChI=1S/C15H18N4O3S/c20-19(21)13-3-1-2-12(10-13)14-11-23-15(17-14)16-4-5-18-6-8-22-9-7-18/h1-3,10-11H,4-9H2,(H,16,17). The summed E-state index contributed by atoms with van der Waals surface area (Å²) in [6, 6.07) is 6.54. The van der Waals surface area contributed by atoms with Crippen molar-refractivity contribution in [2.75, 3.05) is 44.7 Å². The summed E-state index contributed by atoms with van der Waals surface area (Å²) < 4.78 is 5.32. The second-order valence-electron chi connectivity index (χ2n) is 5.23. The molecule has 1 aromatic carbocycles. The van der Waals surface area contributed by atoms with Crippen molar-refractivity contribution in [3.63, 3.8) is 0 Å². The lowest BCUT2D eigenvalue weighted by molar-refractivity contribution is -0.384. The van der Waals surface area contributed by atoms with Crippen molar-refractivity contribution in [2.24, 2.45) is 0 Å². The van der Waals surface area contributed by atoms with E-state index < -0.39 is 4.92 Å². The third kappa shape index (κ3) is 4.25. The molecule has 3 rings (SSSR count). The van der Waals surface area contributed by atoms with Gasteiger partial charge in [0.2, 0.25) is 0 Å². The van der Waals surface area contributed by atoms with Crippen LogP contribution in [0.4, 0.5) is 10.8 Å². The average molecular weight is 334 g/mol. The molecule has 0 aliphatic carbocycles. The van der Waals surface area contributed by atoms with Gasteiger partial charge in [-0.25, -0.2) is 4.98 Å². The number of aromatic nitrogens is 1. The topological polar surface area (TPSA) is 80.5 Å². The summed E-state index contributed by atoms with van der Waals surface area (Å²) >= 11 is 1.51. The second kappa shape index (κ2) is 7.49. The number of nitrogens with zero attached hydrogens (tertiary/aromatic N) is 3. The van der Waals surface area contributed by atoms with E-state index in [-0.39, 0.29) is 5.69 Å². The lowest BCUT2D eigenvalue weighted by atomic mass is 10.1. The van der Waals surface area contributed by atoms with Crippen LogP contribution in [0, 0.1) is 10.1 Å². The van der Waals surface area contributed by atoms with Gasteiger partial charge in [-0.3, -0.25) is 15.0 Å². The number of hydrogen-bond donors (Lipinski definition) is 1. The first-order valence-electron chi connectivity index (χ1n) is 7.47. The van der Waals surface area contributed by atoms with Crippen LogP contribution in [0.1, 0.15) is 0 Å². The normalized spacial score (nSPS) is 15.5. The molecule has 0 amide bonds. The number of benzene rings is 1. The molecule has 8 heteroatoms. The van der Waals surface area contributed by atoms with Crippen molar-refractivity contribution in [1.29, 1.82) is 0 Å². The number of rotatable bonds is 6. The molecule has 7 nitrogen and oxygen atoms in total. The van der Waals surface area contributed by atoms with Gasteiger partial charge in [0.25, 0.3) is 5.69 Å². The Hall–Kier alpha value is -2.03. The predicted molar refractivity (Wildman–Crippen MR) is 90.0 cm³/mol. The van der Waals surface area contributed by atoms with Crippen LogP contribution in [0.15, 0.2) is 29.6 Å². The summed E-state index contributed by atoms with van der Waals surface area (Å²) in [5, 5.41) is 16.9. The molecule has 1 saturated heterocycles. The van der Waals surface area contributed by atoms with Crippen LogP contribution >= 0.6 is 11.3 Å². The lowest BCUT2D eigenvalue weighted by Gasteiger charge is -2.26. The maximum Gasteiger partial charge on any atom is 0.270 e. The van der Waals surface area contributed by atoms with Gasteiger partial charge in [0.1, 0.15) is 0 Å². The third-order valence-corrected chi connectivity index (χ3v) is 4.46. The van der Waals surface area contributed by atoms with Crippen molar-refractivity contribution in [3.05, 3.63) is 39.8 Å². The van der Waals surface area contributed by atoms with Gasteiger partial charge in [-0.05, 0) is 0 Å². The fourth-order valence-corrected chi connectivity index (χ4v) is 3.16. The maximum atomic E-state index is 10.8. The monoisotopic (exact) mass is 334 g/mol. The first-order valence-corrected chi connectivity index (χ1v) is 8.35. The van der Waals surface area contributed by atoms with E-state index in [0.29, 0.717) is 0 Å². The van der Waals surface area contributed by atoms with Gasteiger partial charge in [0.15, 0.2) is 5.13 Å². The fourth-order valence-electron chi connectivity index (χ4n) is 2.41. The molecular weight excluding hydrogens is 316 g/mol. The Morgan fingerprint density at radius 3 is 3.00 bits per heavy atom. The highest BCUT2D eigenvalue weighted by atomic mass is 32.1. The number of non-ortho nitro benzene ring substituents is 1. The molecule has 0 bridgehead atoms. The van der Waals surface area contributed by atoms with Gasteiger partial charge >= 0.3 is 0 Å². The summed E-state index contributed by atoms with van der Waals surface area (Å²) in [6.45, 7) is 5.32. The third-order valence-electron chi connectivity index (χ3n) is 3.66. The van der Waals surface area contributed by atoms with Crippen LogP contribution in [-0.4, -0.2) is 54.2 Å². The Morgan fingerprint density at radius 2 is 2.22 bits per heavy atom. The molecule has 1 aromatic heterocycles. The summed E-state index contributed by atoms with van der Waals surface area (Å²) in [4.78, 5) is 17.3. The van der Waals surface area contributed by atoms with Crippen molar-refractivity contribution in [1.82, 2.24) is 9.88 Å². The van der Waals surface area contributed by atoms with Gasteiger partial charge in [0.05, 0.1) is 23.8 Å². The van der Waals surface area contributed by atoms with E-state index in [1.54, 1.807) is 12.1 Å². The van der Waals surface area contributed by atoms with Crippen LogP contribution < -0.4 is 5.32 Å². The number of nitro benzene ring substituents is 1. The van der Waals surface area contributed by atoms with Crippen LogP contribution in [0.3, 0.4) is 0 Å². The summed E-state index contributed by atoms with van der Waals surface area (Å²) in [6.07, 6.45) is 0. The Labute approximate surface area is 138 Å². The molecule has 23 heavy (non-hydrogen) atoms. The Balaban J connectivity index is 1.57. The zero-order chi connectivity index (χ0) is 16.1. The summed E-state index contributed by atoms with van der Waals surface area (Å²) in [5.41, 5.74) is 1.60. The molecule has 1 aliphatic rings. The van der Waals surface area contributed by atoms with Gasteiger partial charge < -0.3 is 10.1 Å². The highest BCUT2D eigenvalue weighted by Crippen LogP contribution is 2.27. The van der Waals surface area contributed by atoms with Crippen molar-refractivity contribution in [2.45, 2.75) is 0 Å². The number of anilines is 1. The van der Waals surface area contributed by atoms with Crippen LogP contribution in [0.25, 0.3) is 11.3 Å². The minimum Gasteiger partial charge on any atom is -0.379 e. The molecule has 0 unspecified atom stereocenters. The van der Waals surface area contributed by atoms with Gasteiger partial charge in [0, 0.05) is 49.3 Å². The average Bonchev–Trinajstić information content (AvgIpc) is 3.05. The largest absolute Gasteiger partial charge is 0.379 e. The molecule has 1 aliphatic heterocycles. The quantitative estimate of drug-likeness (QED) is 0.646. The Kier molecular flexibility index (Phi) is 5.16. The molecule has 0 saturated carbocycles. The number of nitrogens with one attached hydrogen (secondary N) is 1. The highest BCUT2D eigenvalue weighted by Gasteiger charge is 2.11. The first kappa shape index (κ1) is 15.9. The van der Waals surface area contributed by atoms with Crippen LogP contribution in [-0.2, 0) is 4.74 Å².